The molecule has 2 heterocycles. The summed E-state index contributed by atoms with van der Waals surface area (Å²) in [4.78, 5) is 35.2. The number of hydrogen-bond acceptors (Lipinski definition) is 4. The minimum atomic E-state index is -0.287. The Kier molecular flexibility index (Phi) is 6.11. The lowest BCUT2D eigenvalue weighted by Crippen LogP contribution is -2.31. The van der Waals surface area contributed by atoms with E-state index in [9.17, 15) is 9.59 Å². The quantitative estimate of drug-likeness (QED) is 0.718. The fourth-order valence-corrected chi connectivity index (χ4v) is 2.86. The Labute approximate surface area is 164 Å². The van der Waals surface area contributed by atoms with Crippen LogP contribution in [0.1, 0.15) is 38.8 Å². The van der Waals surface area contributed by atoms with Crippen molar-refractivity contribution < 1.29 is 9.59 Å². The monoisotopic (exact) mass is 374 g/mol. The van der Waals surface area contributed by atoms with Gasteiger partial charge in [-0.15, -0.1) is 0 Å². The molecular formula is C22H22N4O2. The number of nitrogens with one attached hydrogen (secondary N) is 1. The van der Waals surface area contributed by atoms with Crippen molar-refractivity contribution in [3.05, 3.63) is 89.5 Å². The van der Waals surface area contributed by atoms with Gasteiger partial charge in [0.2, 0.25) is 0 Å². The third-order valence-corrected chi connectivity index (χ3v) is 4.30. The predicted octanol–water partition coefficient (Wildman–Crippen LogP) is 3.38. The van der Waals surface area contributed by atoms with Crippen LogP contribution in [0.2, 0.25) is 0 Å². The Hall–Kier alpha value is -3.54. The van der Waals surface area contributed by atoms with Gasteiger partial charge in [-0.3, -0.25) is 19.6 Å². The maximum atomic E-state index is 13.0. The molecule has 0 spiro atoms. The number of benzene rings is 1. The number of aryl methyl sites for hydroxylation is 1. The van der Waals surface area contributed by atoms with Gasteiger partial charge in [-0.25, -0.2) is 0 Å². The van der Waals surface area contributed by atoms with Crippen molar-refractivity contribution >= 4 is 17.5 Å². The van der Waals surface area contributed by atoms with Crippen molar-refractivity contribution in [3.8, 4) is 0 Å². The van der Waals surface area contributed by atoms with Crippen molar-refractivity contribution in [2.45, 2.75) is 20.4 Å². The van der Waals surface area contributed by atoms with Crippen molar-refractivity contribution in [2.24, 2.45) is 0 Å². The van der Waals surface area contributed by atoms with Gasteiger partial charge in [0.15, 0.2) is 0 Å². The van der Waals surface area contributed by atoms with Crippen LogP contribution >= 0.6 is 0 Å². The molecule has 1 aromatic carbocycles. The zero-order valence-corrected chi connectivity index (χ0v) is 15.9. The van der Waals surface area contributed by atoms with E-state index in [4.69, 9.17) is 0 Å². The van der Waals surface area contributed by atoms with Crippen LogP contribution in [0.4, 0.5) is 5.69 Å². The SMILES string of the molecule is CCN(C(=O)c1cncc(C(=O)NCc2cccnc2)c1)c1cccc(C)c1. The third kappa shape index (κ3) is 4.59. The van der Waals surface area contributed by atoms with E-state index in [2.05, 4.69) is 15.3 Å². The topological polar surface area (TPSA) is 75.2 Å². The normalized spacial score (nSPS) is 10.4. The zero-order valence-electron chi connectivity index (χ0n) is 15.9. The van der Waals surface area contributed by atoms with Gasteiger partial charge >= 0.3 is 0 Å². The molecule has 0 aliphatic heterocycles. The lowest BCUT2D eigenvalue weighted by atomic mass is 10.1. The molecule has 6 nitrogen and oxygen atoms in total. The summed E-state index contributed by atoms with van der Waals surface area (Å²) in [6.45, 7) is 4.77. The number of amides is 2. The average molecular weight is 374 g/mol. The summed E-state index contributed by atoms with van der Waals surface area (Å²) in [5, 5.41) is 2.82. The van der Waals surface area contributed by atoms with E-state index in [1.165, 1.54) is 12.4 Å². The Morgan fingerprint density at radius 1 is 1.00 bits per heavy atom. The van der Waals surface area contributed by atoms with Crippen LogP contribution in [0.3, 0.4) is 0 Å². The highest BCUT2D eigenvalue weighted by Gasteiger charge is 2.18. The molecule has 0 aliphatic rings. The van der Waals surface area contributed by atoms with E-state index in [0.29, 0.717) is 24.2 Å². The Morgan fingerprint density at radius 2 is 1.82 bits per heavy atom. The number of anilines is 1. The summed E-state index contributed by atoms with van der Waals surface area (Å²) in [5.41, 5.74) is 3.50. The van der Waals surface area contributed by atoms with Crippen molar-refractivity contribution in [2.75, 3.05) is 11.4 Å². The second-order valence-electron chi connectivity index (χ2n) is 6.39. The Morgan fingerprint density at radius 3 is 2.54 bits per heavy atom. The van der Waals surface area contributed by atoms with Gasteiger partial charge in [0.25, 0.3) is 11.8 Å². The number of hydrogen-bond donors (Lipinski definition) is 1. The molecule has 0 unspecified atom stereocenters. The maximum absolute atomic E-state index is 13.0. The largest absolute Gasteiger partial charge is 0.348 e. The molecule has 0 saturated carbocycles. The lowest BCUT2D eigenvalue weighted by Gasteiger charge is -2.21. The summed E-state index contributed by atoms with van der Waals surface area (Å²) in [6, 6.07) is 13.0. The first-order chi connectivity index (χ1) is 13.6. The first kappa shape index (κ1) is 19.2. The van der Waals surface area contributed by atoms with Gasteiger partial charge < -0.3 is 10.2 Å². The number of carbonyl (C=O) groups is 2. The molecule has 2 aromatic heterocycles. The minimum absolute atomic E-state index is 0.192. The first-order valence-corrected chi connectivity index (χ1v) is 9.09. The second-order valence-corrected chi connectivity index (χ2v) is 6.39. The van der Waals surface area contributed by atoms with Crippen molar-refractivity contribution in [1.29, 1.82) is 0 Å². The van der Waals surface area contributed by atoms with E-state index >= 15 is 0 Å². The molecule has 1 N–H and O–H groups in total. The molecule has 3 rings (SSSR count). The third-order valence-electron chi connectivity index (χ3n) is 4.30. The van der Waals surface area contributed by atoms with Crippen molar-refractivity contribution in [1.82, 2.24) is 15.3 Å². The van der Waals surface area contributed by atoms with Crippen LogP contribution in [0.25, 0.3) is 0 Å². The van der Waals surface area contributed by atoms with Gasteiger partial charge in [0, 0.05) is 43.6 Å². The standard InChI is InChI=1S/C22H22N4O2/c1-3-26(20-8-4-6-16(2)10-20)22(28)19-11-18(14-24-15-19)21(27)25-13-17-7-5-9-23-12-17/h4-12,14-15H,3,13H2,1-2H3,(H,25,27). The van der Waals surface area contributed by atoms with Gasteiger partial charge in [0.05, 0.1) is 11.1 Å². The molecule has 28 heavy (non-hydrogen) atoms. The van der Waals surface area contributed by atoms with E-state index < -0.39 is 0 Å². The van der Waals surface area contributed by atoms with Crippen LogP contribution in [0.5, 0.6) is 0 Å². The summed E-state index contributed by atoms with van der Waals surface area (Å²) >= 11 is 0. The fraction of sp³-hybridized carbons (Fsp3) is 0.182. The minimum Gasteiger partial charge on any atom is -0.348 e. The predicted molar refractivity (Wildman–Crippen MR) is 108 cm³/mol. The summed E-state index contributed by atoms with van der Waals surface area (Å²) in [7, 11) is 0. The highest BCUT2D eigenvalue weighted by molar-refractivity contribution is 6.07. The van der Waals surface area contributed by atoms with Gasteiger partial charge in [-0.05, 0) is 49.2 Å². The van der Waals surface area contributed by atoms with E-state index in [-0.39, 0.29) is 11.8 Å². The number of pyridine rings is 2. The van der Waals surface area contributed by atoms with Crippen LogP contribution in [-0.2, 0) is 6.54 Å². The Balaban J connectivity index is 1.76. The van der Waals surface area contributed by atoms with Gasteiger partial charge in [-0.1, -0.05) is 18.2 Å². The Bertz CT molecular complexity index is 973. The maximum Gasteiger partial charge on any atom is 0.259 e. The molecule has 0 bridgehead atoms. The molecule has 0 fully saturated rings. The van der Waals surface area contributed by atoms with Crippen LogP contribution in [0, 0.1) is 6.92 Å². The molecule has 0 aliphatic carbocycles. The number of carbonyl (C=O) groups excluding carboxylic acids is 2. The summed E-state index contributed by atoms with van der Waals surface area (Å²) < 4.78 is 0. The molecule has 6 heteroatoms. The summed E-state index contributed by atoms with van der Waals surface area (Å²) in [5.74, 6) is -0.480. The highest BCUT2D eigenvalue weighted by atomic mass is 16.2. The van der Waals surface area contributed by atoms with Crippen LogP contribution in [0.15, 0.2) is 67.3 Å². The zero-order chi connectivity index (χ0) is 19.9. The number of aromatic nitrogens is 2. The van der Waals surface area contributed by atoms with Crippen LogP contribution in [-0.4, -0.2) is 28.3 Å². The van der Waals surface area contributed by atoms with E-state index in [1.807, 2.05) is 50.2 Å². The first-order valence-electron chi connectivity index (χ1n) is 9.09. The molecule has 0 atom stereocenters. The molecule has 0 saturated heterocycles. The second kappa shape index (κ2) is 8.90. The smallest absolute Gasteiger partial charge is 0.259 e. The van der Waals surface area contributed by atoms with Crippen LogP contribution < -0.4 is 10.2 Å². The molecule has 0 radical (unpaired) electrons. The fourth-order valence-electron chi connectivity index (χ4n) is 2.86. The molecular weight excluding hydrogens is 352 g/mol. The van der Waals surface area contributed by atoms with E-state index in [0.717, 1.165) is 16.8 Å². The average Bonchev–Trinajstić information content (AvgIpc) is 2.73. The summed E-state index contributed by atoms with van der Waals surface area (Å²) in [6.07, 6.45) is 6.31. The van der Waals surface area contributed by atoms with Gasteiger partial charge in [-0.2, -0.15) is 0 Å². The molecule has 3 aromatic rings. The van der Waals surface area contributed by atoms with E-state index in [1.54, 1.807) is 23.4 Å². The van der Waals surface area contributed by atoms with Crippen molar-refractivity contribution in [3.63, 3.8) is 0 Å². The number of rotatable bonds is 6. The van der Waals surface area contributed by atoms with Gasteiger partial charge in [0.1, 0.15) is 0 Å². The molecule has 2 amide bonds. The highest BCUT2D eigenvalue weighted by Crippen LogP contribution is 2.18. The molecule has 142 valence electrons. The lowest BCUT2D eigenvalue weighted by molar-refractivity contribution is 0.0950. The number of nitrogens with zero attached hydrogens (tertiary/aromatic N) is 3.